The van der Waals surface area contributed by atoms with E-state index in [0.717, 1.165) is 28.5 Å². The van der Waals surface area contributed by atoms with E-state index in [0.29, 0.717) is 18.9 Å². The maximum absolute atomic E-state index is 12.3. The summed E-state index contributed by atoms with van der Waals surface area (Å²) in [5.41, 5.74) is 5.64. The highest BCUT2D eigenvalue weighted by Gasteiger charge is 2.23. The maximum atomic E-state index is 12.3. The Kier molecular flexibility index (Phi) is 3.61. The van der Waals surface area contributed by atoms with Crippen LogP contribution in [-0.4, -0.2) is 32.9 Å². The number of H-pyrrole nitrogens is 2. The number of aryl methyl sites for hydroxylation is 1. The lowest BCUT2D eigenvalue weighted by Gasteiger charge is -2.25. The van der Waals surface area contributed by atoms with Crippen molar-refractivity contribution in [2.75, 3.05) is 11.9 Å². The van der Waals surface area contributed by atoms with E-state index in [1.54, 1.807) is 5.06 Å². The van der Waals surface area contributed by atoms with Crippen molar-refractivity contribution in [3.05, 3.63) is 59.3 Å². The number of rotatable bonds is 2. The van der Waals surface area contributed by atoms with Gasteiger partial charge in [0, 0.05) is 28.5 Å². The lowest BCUT2D eigenvalue weighted by Crippen LogP contribution is -2.34. The summed E-state index contributed by atoms with van der Waals surface area (Å²) in [7, 11) is 0. The van der Waals surface area contributed by atoms with Crippen LogP contribution in [0.25, 0.3) is 21.8 Å². The summed E-state index contributed by atoms with van der Waals surface area (Å²) in [6, 6.07) is 14.0. The molecular formula is C20H19N5O2. The molecule has 0 saturated carbocycles. The number of aromatic nitrogens is 3. The number of carbonyl (C=O) groups excluding carboxylic acids is 1. The molecule has 136 valence electrons. The molecule has 3 N–H and O–H groups in total. The number of amides is 1. The first-order valence-corrected chi connectivity index (χ1v) is 8.94. The molecule has 3 heterocycles. The van der Waals surface area contributed by atoms with Gasteiger partial charge in [-0.3, -0.25) is 10.4 Å². The lowest BCUT2D eigenvalue weighted by atomic mass is 10.0. The van der Waals surface area contributed by atoms with E-state index >= 15 is 0 Å². The van der Waals surface area contributed by atoms with Crippen LogP contribution >= 0.6 is 0 Å². The minimum absolute atomic E-state index is 0.467. The molecule has 1 aliphatic rings. The molecule has 0 radical (unpaired) electrons. The highest BCUT2D eigenvalue weighted by Crippen LogP contribution is 2.28. The summed E-state index contributed by atoms with van der Waals surface area (Å²) < 4.78 is 0. The van der Waals surface area contributed by atoms with Crippen molar-refractivity contribution in [2.24, 2.45) is 0 Å². The highest BCUT2D eigenvalue weighted by atomic mass is 16.7. The average Bonchev–Trinajstić information content (AvgIpc) is 3.22. The standard InChI is InChI=1S/C20H19N5O2/c1-12-6-7-16-15(10-12)13-8-9-25(11-18(13)21-16)27-20(26)22-19-14-4-2-3-5-17(14)23-24-19/h2-7,10,21H,8-9,11H2,1H3,(H2,22,23,24,26). The summed E-state index contributed by atoms with van der Waals surface area (Å²) in [6.07, 6.45) is 0.292. The molecule has 0 saturated heterocycles. The number of hydrogen-bond acceptors (Lipinski definition) is 4. The van der Waals surface area contributed by atoms with E-state index in [2.05, 4.69) is 45.6 Å². The first-order chi connectivity index (χ1) is 13.2. The van der Waals surface area contributed by atoms with Gasteiger partial charge in [-0.2, -0.15) is 5.10 Å². The summed E-state index contributed by atoms with van der Waals surface area (Å²) in [5.74, 6) is 0.467. The van der Waals surface area contributed by atoms with Crippen LogP contribution in [0.1, 0.15) is 16.8 Å². The zero-order valence-corrected chi connectivity index (χ0v) is 14.9. The van der Waals surface area contributed by atoms with Crippen LogP contribution in [-0.2, 0) is 17.8 Å². The molecule has 7 heteroatoms. The molecule has 2 aromatic heterocycles. The van der Waals surface area contributed by atoms with E-state index in [1.165, 1.54) is 16.5 Å². The molecule has 1 aliphatic heterocycles. The molecule has 4 aromatic rings. The number of aromatic amines is 2. The number of hydrogen-bond donors (Lipinski definition) is 3. The Morgan fingerprint density at radius 3 is 3.00 bits per heavy atom. The molecule has 2 aromatic carbocycles. The molecule has 5 rings (SSSR count). The Labute approximate surface area is 155 Å². The smallest absolute Gasteiger partial charge is 0.357 e. The van der Waals surface area contributed by atoms with Crippen molar-refractivity contribution in [1.82, 2.24) is 20.2 Å². The fourth-order valence-electron chi connectivity index (χ4n) is 3.70. The second-order valence-corrected chi connectivity index (χ2v) is 6.87. The first kappa shape index (κ1) is 15.9. The third kappa shape index (κ3) is 2.82. The van der Waals surface area contributed by atoms with Gasteiger partial charge in [0.1, 0.15) is 0 Å². The lowest BCUT2D eigenvalue weighted by molar-refractivity contribution is -0.106. The summed E-state index contributed by atoms with van der Waals surface area (Å²) in [4.78, 5) is 21.3. The third-order valence-electron chi connectivity index (χ3n) is 5.00. The molecule has 0 spiro atoms. The van der Waals surface area contributed by atoms with Crippen LogP contribution in [0.5, 0.6) is 0 Å². The van der Waals surface area contributed by atoms with Crippen molar-refractivity contribution in [2.45, 2.75) is 19.9 Å². The zero-order valence-electron chi connectivity index (χ0n) is 14.9. The van der Waals surface area contributed by atoms with Gasteiger partial charge in [-0.25, -0.2) is 4.79 Å². The normalized spacial score (nSPS) is 14.4. The summed E-state index contributed by atoms with van der Waals surface area (Å²) in [6.45, 7) is 3.29. The minimum atomic E-state index is -0.539. The topological polar surface area (TPSA) is 86.0 Å². The Hall–Kier alpha value is -3.32. The van der Waals surface area contributed by atoms with Gasteiger partial charge in [0.05, 0.1) is 12.1 Å². The molecule has 7 nitrogen and oxygen atoms in total. The number of hydroxylamine groups is 2. The fraction of sp³-hybridized carbons (Fsp3) is 0.200. The Morgan fingerprint density at radius 2 is 2.07 bits per heavy atom. The van der Waals surface area contributed by atoms with Gasteiger partial charge < -0.3 is 9.82 Å². The molecule has 0 aliphatic carbocycles. The van der Waals surface area contributed by atoms with Crippen molar-refractivity contribution >= 4 is 33.7 Å². The van der Waals surface area contributed by atoms with Crippen LogP contribution in [0.15, 0.2) is 42.5 Å². The zero-order chi connectivity index (χ0) is 18.4. The van der Waals surface area contributed by atoms with Crippen molar-refractivity contribution in [1.29, 1.82) is 0 Å². The number of anilines is 1. The summed E-state index contributed by atoms with van der Waals surface area (Å²) >= 11 is 0. The predicted octanol–water partition coefficient (Wildman–Crippen LogP) is 3.87. The first-order valence-electron chi connectivity index (χ1n) is 8.94. The van der Waals surface area contributed by atoms with Gasteiger partial charge in [0.25, 0.3) is 0 Å². The van der Waals surface area contributed by atoms with Gasteiger partial charge >= 0.3 is 6.09 Å². The number of para-hydroxylation sites is 1. The van der Waals surface area contributed by atoms with E-state index in [9.17, 15) is 4.79 Å². The molecule has 0 fully saturated rings. The van der Waals surface area contributed by atoms with Crippen LogP contribution in [0.2, 0.25) is 0 Å². The molecule has 1 amide bonds. The molecule has 0 bridgehead atoms. The monoisotopic (exact) mass is 361 g/mol. The largest absolute Gasteiger partial charge is 0.432 e. The number of carbonyl (C=O) groups is 1. The number of fused-ring (bicyclic) bond motifs is 4. The van der Waals surface area contributed by atoms with Crippen LogP contribution in [0.4, 0.5) is 10.6 Å². The quantitative estimate of drug-likeness (QED) is 0.506. The van der Waals surface area contributed by atoms with Crippen molar-refractivity contribution < 1.29 is 9.63 Å². The predicted molar refractivity (Wildman–Crippen MR) is 103 cm³/mol. The molecule has 0 atom stereocenters. The van der Waals surface area contributed by atoms with Gasteiger partial charge in [0.15, 0.2) is 5.82 Å². The van der Waals surface area contributed by atoms with Gasteiger partial charge in [0.2, 0.25) is 0 Å². The van der Waals surface area contributed by atoms with Gasteiger partial charge in [-0.05, 0) is 43.2 Å². The maximum Gasteiger partial charge on any atom is 0.432 e. The Bertz CT molecular complexity index is 1160. The van der Waals surface area contributed by atoms with Crippen molar-refractivity contribution in [3.63, 3.8) is 0 Å². The molecular weight excluding hydrogens is 342 g/mol. The second-order valence-electron chi connectivity index (χ2n) is 6.87. The highest BCUT2D eigenvalue weighted by molar-refractivity contribution is 5.96. The Morgan fingerprint density at radius 1 is 1.19 bits per heavy atom. The van der Waals surface area contributed by atoms with Gasteiger partial charge in [-0.15, -0.1) is 5.06 Å². The minimum Gasteiger partial charge on any atom is -0.357 e. The van der Waals surface area contributed by atoms with Crippen LogP contribution in [0, 0.1) is 6.92 Å². The average molecular weight is 361 g/mol. The fourth-order valence-corrected chi connectivity index (χ4v) is 3.70. The van der Waals surface area contributed by atoms with E-state index in [-0.39, 0.29) is 0 Å². The number of nitrogens with zero attached hydrogens (tertiary/aromatic N) is 2. The molecule has 27 heavy (non-hydrogen) atoms. The van der Waals surface area contributed by atoms with Crippen LogP contribution < -0.4 is 5.32 Å². The molecule has 0 unspecified atom stereocenters. The van der Waals surface area contributed by atoms with Gasteiger partial charge in [-0.1, -0.05) is 23.8 Å². The third-order valence-corrected chi connectivity index (χ3v) is 5.00. The van der Waals surface area contributed by atoms with E-state index < -0.39 is 6.09 Å². The SMILES string of the molecule is Cc1ccc2[nH]c3c(c2c1)CCN(OC(=O)Nc1n[nH]c2ccccc12)C3. The number of benzene rings is 2. The summed E-state index contributed by atoms with van der Waals surface area (Å²) in [5, 5.41) is 13.5. The second kappa shape index (κ2) is 6.14. The van der Waals surface area contributed by atoms with E-state index in [4.69, 9.17) is 4.84 Å². The van der Waals surface area contributed by atoms with Crippen molar-refractivity contribution in [3.8, 4) is 0 Å². The van der Waals surface area contributed by atoms with E-state index in [1.807, 2.05) is 24.3 Å². The Balaban J connectivity index is 1.31. The van der Waals surface area contributed by atoms with Crippen LogP contribution in [0.3, 0.4) is 0 Å². The number of nitrogens with one attached hydrogen (secondary N) is 3.